The first-order chi connectivity index (χ1) is 15.4. The largest absolute Gasteiger partial charge is 0.489 e. The molecule has 0 unspecified atom stereocenters. The number of carbonyl (C=O) groups excluding carboxylic acids is 1. The van der Waals surface area contributed by atoms with Crippen molar-refractivity contribution in [2.75, 3.05) is 13.6 Å². The first kappa shape index (κ1) is 23.7. The van der Waals surface area contributed by atoms with E-state index in [1.54, 1.807) is 24.1 Å². The molecule has 2 atom stereocenters. The van der Waals surface area contributed by atoms with Crippen molar-refractivity contribution in [2.24, 2.45) is 5.92 Å². The minimum atomic E-state index is -5.23. The highest BCUT2D eigenvalue weighted by Gasteiger charge is 2.49. The molecule has 0 saturated carbocycles. The molecule has 1 amide bonds. The molecule has 0 spiro atoms. The number of likely N-dealkylation sites (N-methyl/N-ethyl adjacent to an activating group) is 1. The summed E-state index contributed by atoms with van der Waals surface area (Å²) < 4.78 is 82.5. The molecule has 0 radical (unpaired) electrons. The van der Waals surface area contributed by atoms with Crippen molar-refractivity contribution in [3.05, 3.63) is 41.1 Å². The number of hydrogen-bond donors (Lipinski definition) is 1. The van der Waals surface area contributed by atoms with Gasteiger partial charge in [0.2, 0.25) is 5.91 Å². The standard InChI is InChI=1S/C23H25F6N3O/c1-4-13(5-2)30-21(33)12-9-15-14-7-6-8-17-19(14)16(10-18(15)31(3)11-12)20(22(24,25)26)32(17)23(27,28)29/h6-9,12-13,18H,4-5,10-11H2,1-3H3,(H,30,33)/t12-,18-/m1/s1. The van der Waals surface area contributed by atoms with Gasteiger partial charge in [0, 0.05) is 24.0 Å². The highest BCUT2D eigenvalue weighted by Crippen LogP contribution is 2.49. The molecule has 1 aromatic heterocycles. The van der Waals surface area contributed by atoms with Crippen molar-refractivity contribution in [3.8, 4) is 0 Å². The summed E-state index contributed by atoms with van der Waals surface area (Å²) in [7, 11) is 1.69. The van der Waals surface area contributed by atoms with E-state index >= 15 is 0 Å². The second-order valence-electron chi connectivity index (χ2n) is 8.74. The number of rotatable bonds is 4. The van der Waals surface area contributed by atoms with Crippen LogP contribution in [0.25, 0.3) is 16.5 Å². The van der Waals surface area contributed by atoms with E-state index in [0.29, 0.717) is 11.1 Å². The van der Waals surface area contributed by atoms with E-state index in [4.69, 9.17) is 0 Å². The van der Waals surface area contributed by atoms with Gasteiger partial charge in [-0.25, -0.2) is 4.57 Å². The van der Waals surface area contributed by atoms with Crippen molar-refractivity contribution in [1.29, 1.82) is 0 Å². The van der Waals surface area contributed by atoms with Crippen LogP contribution in [0.4, 0.5) is 26.3 Å². The number of alkyl halides is 6. The normalized spacial score (nSPS) is 21.3. The number of carbonyl (C=O) groups is 1. The maximum absolute atomic E-state index is 13.9. The zero-order valence-electron chi connectivity index (χ0n) is 18.4. The van der Waals surface area contributed by atoms with Crippen molar-refractivity contribution in [2.45, 2.75) is 57.7 Å². The van der Waals surface area contributed by atoms with E-state index in [2.05, 4.69) is 5.32 Å². The molecule has 0 fully saturated rings. The fourth-order valence-corrected chi connectivity index (χ4v) is 5.16. The number of aromatic nitrogens is 1. The molecule has 10 heteroatoms. The Kier molecular flexibility index (Phi) is 5.79. The molecule has 2 aliphatic rings. The Hall–Kier alpha value is -2.49. The van der Waals surface area contributed by atoms with E-state index in [1.807, 2.05) is 13.8 Å². The molecule has 33 heavy (non-hydrogen) atoms. The number of nitrogens with zero attached hydrogens (tertiary/aromatic N) is 2. The average Bonchev–Trinajstić information content (AvgIpc) is 3.09. The smallest absolute Gasteiger partial charge is 0.353 e. The van der Waals surface area contributed by atoms with Crippen LogP contribution in [0.3, 0.4) is 0 Å². The topological polar surface area (TPSA) is 37.3 Å². The molecule has 1 aromatic carbocycles. The molecular formula is C23H25F6N3O. The summed E-state index contributed by atoms with van der Waals surface area (Å²) >= 11 is 0. The van der Waals surface area contributed by atoms with Gasteiger partial charge in [0.15, 0.2) is 0 Å². The van der Waals surface area contributed by atoms with Gasteiger partial charge in [-0.3, -0.25) is 9.69 Å². The van der Waals surface area contributed by atoms with Crippen LogP contribution in [0.2, 0.25) is 0 Å². The predicted octanol–water partition coefficient (Wildman–Crippen LogP) is 5.31. The lowest BCUT2D eigenvalue weighted by Crippen LogP contribution is -2.48. The SMILES string of the molecule is CCC(CC)NC(=O)[C@@H]1C=C2c3cccc4c3c(c(C(F)(F)F)n4C(F)(F)F)C[C@H]2N(C)C1. The van der Waals surface area contributed by atoms with Gasteiger partial charge in [-0.2, -0.15) is 13.2 Å². The lowest BCUT2D eigenvalue weighted by Gasteiger charge is -2.40. The number of benzene rings is 1. The van der Waals surface area contributed by atoms with E-state index in [9.17, 15) is 31.1 Å². The molecule has 2 heterocycles. The Morgan fingerprint density at radius 3 is 2.39 bits per heavy atom. The Morgan fingerprint density at radius 1 is 1.15 bits per heavy atom. The van der Waals surface area contributed by atoms with Gasteiger partial charge in [0.25, 0.3) is 0 Å². The molecule has 4 nitrogen and oxygen atoms in total. The second-order valence-corrected chi connectivity index (χ2v) is 8.74. The number of hydrogen-bond acceptors (Lipinski definition) is 2. The van der Waals surface area contributed by atoms with Crippen molar-refractivity contribution >= 4 is 22.4 Å². The molecule has 4 rings (SSSR count). The molecular weight excluding hydrogens is 448 g/mol. The van der Waals surface area contributed by atoms with Gasteiger partial charge >= 0.3 is 12.5 Å². The van der Waals surface area contributed by atoms with Gasteiger partial charge in [-0.15, -0.1) is 13.2 Å². The summed E-state index contributed by atoms with van der Waals surface area (Å²) in [5, 5.41) is 2.94. The fraction of sp³-hybridized carbons (Fsp3) is 0.522. The van der Waals surface area contributed by atoms with E-state index < -0.39 is 40.2 Å². The number of amides is 1. The molecule has 1 aliphatic heterocycles. The van der Waals surface area contributed by atoms with Crippen LogP contribution < -0.4 is 5.32 Å². The van der Waals surface area contributed by atoms with Crippen LogP contribution in [0.1, 0.15) is 43.5 Å². The van der Waals surface area contributed by atoms with Gasteiger partial charge in [0.05, 0.1) is 11.4 Å². The minimum absolute atomic E-state index is 0.00971. The van der Waals surface area contributed by atoms with Crippen LogP contribution >= 0.6 is 0 Å². The molecule has 0 bridgehead atoms. The Labute approximate surface area is 187 Å². The summed E-state index contributed by atoms with van der Waals surface area (Å²) in [6, 6.07) is 3.40. The maximum Gasteiger partial charge on any atom is 0.489 e. The molecule has 0 saturated heterocycles. The Balaban J connectivity index is 1.90. The maximum atomic E-state index is 13.9. The first-order valence-corrected chi connectivity index (χ1v) is 10.9. The summed E-state index contributed by atoms with van der Waals surface area (Å²) in [6.45, 7) is 4.19. The van der Waals surface area contributed by atoms with Gasteiger partial charge in [-0.05, 0) is 49.1 Å². The van der Waals surface area contributed by atoms with Crippen molar-refractivity contribution in [3.63, 3.8) is 0 Å². The van der Waals surface area contributed by atoms with Crippen molar-refractivity contribution in [1.82, 2.24) is 14.8 Å². The minimum Gasteiger partial charge on any atom is -0.353 e. The summed E-state index contributed by atoms with van der Waals surface area (Å²) in [4.78, 5) is 14.6. The number of nitrogens with one attached hydrogen (secondary N) is 1. The van der Waals surface area contributed by atoms with Crippen LogP contribution in [0, 0.1) is 5.92 Å². The fourth-order valence-electron chi connectivity index (χ4n) is 5.16. The molecule has 1 aliphatic carbocycles. The Bertz CT molecular complexity index is 1110. The second kappa shape index (κ2) is 8.07. The average molecular weight is 473 g/mol. The molecule has 1 N–H and O–H groups in total. The summed E-state index contributed by atoms with van der Waals surface area (Å²) in [5.74, 6) is -0.742. The summed E-state index contributed by atoms with van der Waals surface area (Å²) in [6.07, 6.45) is -7.37. The Morgan fingerprint density at radius 2 is 1.82 bits per heavy atom. The zero-order chi connectivity index (χ0) is 24.3. The van der Waals surface area contributed by atoms with Crippen molar-refractivity contribution < 1.29 is 31.1 Å². The van der Waals surface area contributed by atoms with Gasteiger partial charge in [0.1, 0.15) is 5.69 Å². The van der Waals surface area contributed by atoms with Gasteiger partial charge in [-0.1, -0.05) is 32.1 Å². The van der Waals surface area contributed by atoms with Crippen LogP contribution in [-0.2, 0) is 23.7 Å². The third-order valence-electron chi connectivity index (χ3n) is 6.75. The number of fused-ring (bicyclic) bond motifs is 2. The number of halogens is 6. The van der Waals surface area contributed by atoms with Crippen LogP contribution in [0.15, 0.2) is 24.3 Å². The molecule has 180 valence electrons. The van der Waals surface area contributed by atoms with E-state index in [0.717, 1.165) is 18.9 Å². The van der Waals surface area contributed by atoms with Crippen LogP contribution in [0.5, 0.6) is 0 Å². The summed E-state index contributed by atoms with van der Waals surface area (Å²) in [5.41, 5.74) is -1.62. The van der Waals surface area contributed by atoms with Gasteiger partial charge < -0.3 is 5.32 Å². The van der Waals surface area contributed by atoms with E-state index in [1.165, 1.54) is 6.07 Å². The third-order valence-corrected chi connectivity index (χ3v) is 6.75. The quantitative estimate of drug-likeness (QED) is 0.611. The monoisotopic (exact) mass is 473 g/mol. The highest BCUT2D eigenvalue weighted by molar-refractivity contribution is 6.00. The highest BCUT2D eigenvalue weighted by atomic mass is 19.4. The lowest BCUT2D eigenvalue weighted by molar-refractivity contribution is -0.218. The van der Waals surface area contributed by atoms with E-state index in [-0.39, 0.29) is 35.9 Å². The first-order valence-electron chi connectivity index (χ1n) is 10.9. The lowest BCUT2D eigenvalue weighted by atomic mass is 9.79. The third kappa shape index (κ3) is 3.92. The predicted molar refractivity (Wildman–Crippen MR) is 112 cm³/mol. The molecule has 2 aromatic rings. The zero-order valence-corrected chi connectivity index (χ0v) is 18.4. The van der Waals surface area contributed by atoms with Crippen LogP contribution in [-0.4, -0.2) is 41.1 Å².